The summed E-state index contributed by atoms with van der Waals surface area (Å²) < 4.78 is 0. The van der Waals surface area contributed by atoms with Gasteiger partial charge in [0.05, 0.1) is 4.92 Å². The predicted octanol–water partition coefficient (Wildman–Crippen LogP) is 3.07. The molecule has 0 aliphatic carbocycles. The summed E-state index contributed by atoms with van der Waals surface area (Å²) in [5.74, 6) is 0.765. The molecule has 0 atom stereocenters. The first-order valence-corrected chi connectivity index (χ1v) is 7.83. The normalized spacial score (nSPS) is 17.0. The Kier molecular flexibility index (Phi) is 5.96. The van der Waals surface area contributed by atoms with Gasteiger partial charge in [-0.05, 0) is 56.6 Å². The van der Waals surface area contributed by atoms with Crippen molar-refractivity contribution in [2.45, 2.75) is 26.3 Å². The summed E-state index contributed by atoms with van der Waals surface area (Å²) in [6.07, 6.45) is 2.40. The van der Waals surface area contributed by atoms with Gasteiger partial charge in [-0.1, -0.05) is 24.6 Å². The Morgan fingerprint density at radius 2 is 2.14 bits per heavy atom. The summed E-state index contributed by atoms with van der Waals surface area (Å²) in [6.45, 7) is 7.23. The van der Waals surface area contributed by atoms with Gasteiger partial charge in [0.2, 0.25) is 0 Å². The van der Waals surface area contributed by atoms with Crippen molar-refractivity contribution in [2.75, 3.05) is 26.2 Å². The summed E-state index contributed by atoms with van der Waals surface area (Å²) in [7, 11) is 0. The van der Waals surface area contributed by atoms with Crippen molar-refractivity contribution in [2.24, 2.45) is 5.92 Å². The van der Waals surface area contributed by atoms with Crippen molar-refractivity contribution in [3.05, 3.63) is 38.9 Å². The molecule has 0 radical (unpaired) electrons. The number of nitro benzene ring substituents is 1. The Balaban J connectivity index is 1.86. The van der Waals surface area contributed by atoms with E-state index >= 15 is 0 Å². The molecule has 1 aliphatic heterocycles. The Hall–Kier alpha value is -1.17. The molecule has 0 bridgehead atoms. The van der Waals surface area contributed by atoms with Crippen LogP contribution in [0.1, 0.15) is 25.3 Å². The number of nitro groups is 1. The molecule has 2 rings (SSSR count). The average molecular weight is 312 g/mol. The number of nitrogens with one attached hydrogen (secondary N) is 1. The molecule has 1 heterocycles. The van der Waals surface area contributed by atoms with Gasteiger partial charge in [-0.2, -0.15) is 0 Å². The third-order valence-electron chi connectivity index (χ3n) is 4.01. The highest BCUT2D eigenvalue weighted by Crippen LogP contribution is 2.26. The smallest absolute Gasteiger partial charge is 0.287 e. The number of benzene rings is 1. The minimum absolute atomic E-state index is 0.0234. The second kappa shape index (κ2) is 7.73. The van der Waals surface area contributed by atoms with Crippen LogP contribution in [0.3, 0.4) is 0 Å². The van der Waals surface area contributed by atoms with Crippen molar-refractivity contribution in [3.8, 4) is 0 Å². The van der Waals surface area contributed by atoms with Crippen LogP contribution in [-0.2, 0) is 6.54 Å². The average Bonchev–Trinajstić information content (AvgIpc) is 2.46. The second-order valence-corrected chi connectivity index (χ2v) is 5.98. The van der Waals surface area contributed by atoms with Gasteiger partial charge in [-0.15, -0.1) is 0 Å². The number of rotatable bonds is 6. The Morgan fingerprint density at radius 1 is 1.43 bits per heavy atom. The van der Waals surface area contributed by atoms with Crippen LogP contribution in [-0.4, -0.2) is 36.0 Å². The highest BCUT2D eigenvalue weighted by molar-refractivity contribution is 6.32. The fourth-order valence-electron chi connectivity index (χ4n) is 2.75. The van der Waals surface area contributed by atoms with E-state index in [9.17, 15) is 10.1 Å². The number of nitrogens with zero attached hydrogens (tertiary/aromatic N) is 2. The number of halogens is 1. The van der Waals surface area contributed by atoms with Crippen LogP contribution in [0.15, 0.2) is 18.2 Å². The fourth-order valence-corrected chi connectivity index (χ4v) is 3.02. The van der Waals surface area contributed by atoms with E-state index in [0.717, 1.165) is 44.2 Å². The fraction of sp³-hybridized carbons (Fsp3) is 0.600. The van der Waals surface area contributed by atoms with Gasteiger partial charge >= 0.3 is 0 Å². The van der Waals surface area contributed by atoms with E-state index in [0.29, 0.717) is 0 Å². The van der Waals surface area contributed by atoms with Crippen LogP contribution < -0.4 is 5.32 Å². The summed E-state index contributed by atoms with van der Waals surface area (Å²) in [5.41, 5.74) is 1.01. The molecular formula is C15H22ClN3O2. The molecule has 1 aromatic rings. The van der Waals surface area contributed by atoms with Crippen molar-refractivity contribution >= 4 is 17.3 Å². The van der Waals surface area contributed by atoms with Gasteiger partial charge in [0, 0.05) is 12.6 Å². The quantitative estimate of drug-likeness (QED) is 0.648. The van der Waals surface area contributed by atoms with Crippen LogP contribution in [0.2, 0.25) is 5.02 Å². The first kappa shape index (κ1) is 16.2. The van der Waals surface area contributed by atoms with Gasteiger partial charge in [-0.25, -0.2) is 0 Å². The maximum atomic E-state index is 10.8. The summed E-state index contributed by atoms with van der Waals surface area (Å²) in [4.78, 5) is 12.7. The van der Waals surface area contributed by atoms with Crippen molar-refractivity contribution in [1.82, 2.24) is 10.2 Å². The second-order valence-electron chi connectivity index (χ2n) is 5.57. The predicted molar refractivity (Wildman–Crippen MR) is 84.7 cm³/mol. The van der Waals surface area contributed by atoms with E-state index in [2.05, 4.69) is 17.1 Å². The molecule has 0 spiro atoms. The number of hydrogen-bond acceptors (Lipinski definition) is 4. The first-order valence-electron chi connectivity index (χ1n) is 7.46. The number of likely N-dealkylation sites (tertiary alicyclic amines) is 1. The zero-order valence-corrected chi connectivity index (χ0v) is 13.1. The highest BCUT2D eigenvalue weighted by atomic mass is 35.5. The molecule has 0 saturated carbocycles. The Bertz CT molecular complexity index is 488. The molecular weight excluding hydrogens is 290 g/mol. The highest BCUT2D eigenvalue weighted by Gasteiger charge is 2.19. The minimum atomic E-state index is -0.446. The van der Waals surface area contributed by atoms with Gasteiger partial charge in [0.25, 0.3) is 5.69 Å². The largest absolute Gasteiger partial charge is 0.317 e. The summed E-state index contributed by atoms with van der Waals surface area (Å²) in [6, 6.07) is 5.01. The lowest BCUT2D eigenvalue weighted by atomic mass is 9.96. The molecule has 1 saturated heterocycles. The van der Waals surface area contributed by atoms with E-state index in [-0.39, 0.29) is 10.7 Å². The Morgan fingerprint density at radius 3 is 2.71 bits per heavy atom. The topological polar surface area (TPSA) is 58.4 Å². The van der Waals surface area contributed by atoms with E-state index < -0.39 is 4.92 Å². The van der Waals surface area contributed by atoms with Crippen molar-refractivity contribution in [1.29, 1.82) is 0 Å². The van der Waals surface area contributed by atoms with E-state index in [1.54, 1.807) is 12.1 Å². The molecule has 21 heavy (non-hydrogen) atoms. The lowest BCUT2D eigenvalue weighted by molar-refractivity contribution is -0.384. The number of hydrogen-bond donors (Lipinski definition) is 1. The molecule has 116 valence electrons. The lowest BCUT2D eigenvalue weighted by Crippen LogP contribution is -2.36. The number of piperidine rings is 1. The zero-order chi connectivity index (χ0) is 15.2. The molecule has 0 unspecified atom stereocenters. The molecule has 1 aliphatic rings. The van der Waals surface area contributed by atoms with E-state index in [1.807, 2.05) is 0 Å². The minimum Gasteiger partial charge on any atom is -0.317 e. The van der Waals surface area contributed by atoms with E-state index in [4.69, 9.17) is 11.6 Å². The molecule has 1 aromatic carbocycles. The standard InChI is InChI=1S/C15H22ClN3O2/c1-2-17-10-12-5-7-18(8-6-12)11-13-3-4-15(19(20)21)14(16)9-13/h3-4,9,12,17H,2,5-8,10-11H2,1H3. The maximum Gasteiger partial charge on any atom is 0.287 e. The molecule has 6 heteroatoms. The lowest BCUT2D eigenvalue weighted by Gasteiger charge is -2.32. The van der Waals surface area contributed by atoms with Crippen LogP contribution in [0.25, 0.3) is 0 Å². The van der Waals surface area contributed by atoms with E-state index in [1.165, 1.54) is 18.9 Å². The molecule has 1 fully saturated rings. The van der Waals surface area contributed by atoms with Crippen LogP contribution in [0.5, 0.6) is 0 Å². The van der Waals surface area contributed by atoms with Crippen LogP contribution >= 0.6 is 11.6 Å². The molecule has 0 amide bonds. The van der Waals surface area contributed by atoms with Gasteiger partial charge < -0.3 is 5.32 Å². The van der Waals surface area contributed by atoms with Crippen LogP contribution in [0.4, 0.5) is 5.69 Å². The third kappa shape index (κ3) is 4.66. The SMILES string of the molecule is CCNCC1CCN(Cc2ccc([N+](=O)[O-])c(Cl)c2)CC1. The third-order valence-corrected chi connectivity index (χ3v) is 4.31. The van der Waals surface area contributed by atoms with Gasteiger partial charge in [-0.3, -0.25) is 15.0 Å². The Labute approximate surface area is 130 Å². The first-order chi connectivity index (χ1) is 10.1. The molecule has 0 aromatic heterocycles. The van der Waals surface area contributed by atoms with Crippen molar-refractivity contribution in [3.63, 3.8) is 0 Å². The summed E-state index contributed by atoms with van der Waals surface area (Å²) >= 11 is 5.95. The zero-order valence-electron chi connectivity index (χ0n) is 12.3. The maximum absolute atomic E-state index is 10.8. The monoisotopic (exact) mass is 311 g/mol. The molecule has 5 nitrogen and oxygen atoms in total. The van der Waals surface area contributed by atoms with Gasteiger partial charge in [0.15, 0.2) is 0 Å². The van der Waals surface area contributed by atoms with Crippen molar-refractivity contribution < 1.29 is 4.92 Å². The summed E-state index contributed by atoms with van der Waals surface area (Å²) in [5, 5.41) is 14.4. The molecule has 1 N–H and O–H groups in total. The van der Waals surface area contributed by atoms with Crippen LogP contribution in [0, 0.1) is 16.0 Å². The van der Waals surface area contributed by atoms with Gasteiger partial charge in [0.1, 0.15) is 5.02 Å².